The van der Waals surface area contributed by atoms with E-state index in [2.05, 4.69) is 111 Å². The van der Waals surface area contributed by atoms with Crippen molar-refractivity contribution < 1.29 is 0 Å². The van der Waals surface area contributed by atoms with Crippen LogP contribution in [0.1, 0.15) is 11.1 Å². The molecular weight excluding hydrogens is 312 g/mol. The average Bonchev–Trinajstić information content (AvgIpc) is 2.69. The van der Waals surface area contributed by atoms with Crippen molar-refractivity contribution in [2.24, 2.45) is 0 Å². The minimum atomic E-state index is 1.25. The molecule has 0 N–H and O–H groups in total. The van der Waals surface area contributed by atoms with E-state index in [1.807, 2.05) is 0 Å². The lowest BCUT2D eigenvalue weighted by Gasteiger charge is -2.16. The Balaban J connectivity index is 2.00. The van der Waals surface area contributed by atoms with Crippen LogP contribution in [0.5, 0.6) is 0 Å². The zero-order valence-corrected chi connectivity index (χ0v) is 15.2. The Morgan fingerprint density at radius 2 is 0.769 bits per heavy atom. The third-order valence-electron chi connectivity index (χ3n) is 4.81. The number of hydrogen-bond donors (Lipinski definition) is 0. The second kappa shape index (κ2) is 7.01. The van der Waals surface area contributed by atoms with E-state index in [1.54, 1.807) is 0 Å². The van der Waals surface area contributed by atoms with E-state index in [-0.39, 0.29) is 0 Å². The highest BCUT2D eigenvalue weighted by Gasteiger charge is 2.13. The van der Waals surface area contributed by atoms with Gasteiger partial charge < -0.3 is 0 Å². The summed E-state index contributed by atoms with van der Waals surface area (Å²) >= 11 is 0. The Bertz CT molecular complexity index is 941. The van der Waals surface area contributed by atoms with Crippen LogP contribution in [0.15, 0.2) is 97.1 Å². The van der Waals surface area contributed by atoms with Gasteiger partial charge in [0.2, 0.25) is 0 Å². The number of benzene rings is 4. The van der Waals surface area contributed by atoms with Crippen LogP contribution < -0.4 is 0 Å². The van der Waals surface area contributed by atoms with Crippen molar-refractivity contribution in [3.63, 3.8) is 0 Å². The molecule has 0 radical (unpaired) electrons. The lowest BCUT2D eigenvalue weighted by molar-refractivity contribution is 1.43. The van der Waals surface area contributed by atoms with Crippen LogP contribution in [-0.2, 0) is 0 Å². The van der Waals surface area contributed by atoms with Crippen LogP contribution in [0.3, 0.4) is 0 Å². The zero-order chi connectivity index (χ0) is 17.9. The molecule has 4 rings (SSSR count). The van der Waals surface area contributed by atoms with Gasteiger partial charge in [0, 0.05) is 0 Å². The first-order valence-electron chi connectivity index (χ1n) is 9.05. The summed E-state index contributed by atoms with van der Waals surface area (Å²) in [5.41, 5.74) is 10.2. The maximum atomic E-state index is 2.31. The summed E-state index contributed by atoms with van der Waals surface area (Å²) in [5.74, 6) is 0. The molecular formula is C26H22. The molecule has 0 spiro atoms. The molecule has 0 saturated heterocycles. The number of rotatable bonds is 3. The number of aryl methyl sites for hydroxylation is 2. The highest BCUT2D eigenvalue weighted by atomic mass is 14.2. The van der Waals surface area contributed by atoms with Crippen molar-refractivity contribution in [1.29, 1.82) is 0 Å². The minimum absolute atomic E-state index is 1.25. The van der Waals surface area contributed by atoms with Gasteiger partial charge in [-0.3, -0.25) is 0 Å². The molecule has 0 heterocycles. The van der Waals surface area contributed by atoms with E-state index in [4.69, 9.17) is 0 Å². The molecule has 126 valence electrons. The molecule has 0 unspecified atom stereocenters. The highest BCUT2D eigenvalue weighted by molar-refractivity contribution is 5.92. The fourth-order valence-electron chi connectivity index (χ4n) is 3.50. The molecule has 0 nitrogen and oxygen atoms in total. The normalized spacial score (nSPS) is 10.7. The van der Waals surface area contributed by atoms with Crippen molar-refractivity contribution in [1.82, 2.24) is 0 Å². The second-order valence-corrected chi connectivity index (χ2v) is 6.83. The summed E-state index contributed by atoms with van der Waals surface area (Å²) in [6, 6.07) is 34.8. The third-order valence-corrected chi connectivity index (χ3v) is 4.81. The molecule has 0 bridgehead atoms. The first kappa shape index (κ1) is 16.4. The van der Waals surface area contributed by atoms with Gasteiger partial charge in [0.25, 0.3) is 0 Å². The molecule has 0 amide bonds. The molecule has 0 aliphatic rings. The maximum Gasteiger partial charge on any atom is -0.00964 e. The Labute approximate surface area is 155 Å². The van der Waals surface area contributed by atoms with Crippen molar-refractivity contribution in [2.45, 2.75) is 13.8 Å². The Kier molecular flexibility index (Phi) is 4.41. The molecule has 0 heteroatoms. The summed E-state index contributed by atoms with van der Waals surface area (Å²) in [4.78, 5) is 0. The molecule has 0 aliphatic carbocycles. The van der Waals surface area contributed by atoms with E-state index >= 15 is 0 Å². The SMILES string of the molecule is Cc1ccc(-c2ccccc2)c(-c2cc(C)ccc2-c2ccccc2)c1. The van der Waals surface area contributed by atoms with E-state index in [9.17, 15) is 0 Å². The van der Waals surface area contributed by atoms with Gasteiger partial charge in [0.05, 0.1) is 0 Å². The van der Waals surface area contributed by atoms with Gasteiger partial charge in [0.15, 0.2) is 0 Å². The predicted molar refractivity (Wildman–Crippen MR) is 112 cm³/mol. The monoisotopic (exact) mass is 334 g/mol. The van der Waals surface area contributed by atoms with E-state index in [0.29, 0.717) is 0 Å². The molecule has 0 aromatic heterocycles. The van der Waals surface area contributed by atoms with E-state index in [1.165, 1.54) is 44.5 Å². The largest absolute Gasteiger partial charge is 0.0622 e. The zero-order valence-electron chi connectivity index (χ0n) is 15.2. The fraction of sp³-hybridized carbons (Fsp3) is 0.0769. The van der Waals surface area contributed by atoms with Crippen molar-refractivity contribution in [3.05, 3.63) is 108 Å². The Morgan fingerprint density at radius 1 is 0.385 bits per heavy atom. The highest BCUT2D eigenvalue weighted by Crippen LogP contribution is 2.39. The summed E-state index contributed by atoms with van der Waals surface area (Å²) in [6.07, 6.45) is 0. The minimum Gasteiger partial charge on any atom is -0.0622 e. The van der Waals surface area contributed by atoms with Crippen molar-refractivity contribution in [2.75, 3.05) is 0 Å². The Hall–Kier alpha value is -3.12. The van der Waals surface area contributed by atoms with Crippen LogP contribution in [0.25, 0.3) is 33.4 Å². The van der Waals surface area contributed by atoms with E-state index < -0.39 is 0 Å². The molecule has 4 aromatic carbocycles. The summed E-state index contributed by atoms with van der Waals surface area (Å²) in [5, 5.41) is 0. The predicted octanol–water partition coefficient (Wildman–Crippen LogP) is 7.30. The smallest absolute Gasteiger partial charge is 0.00964 e. The summed E-state index contributed by atoms with van der Waals surface area (Å²) in [7, 11) is 0. The van der Waals surface area contributed by atoms with E-state index in [0.717, 1.165) is 0 Å². The molecule has 26 heavy (non-hydrogen) atoms. The third kappa shape index (κ3) is 3.19. The Morgan fingerprint density at radius 3 is 1.15 bits per heavy atom. The van der Waals surface area contributed by atoms with Gasteiger partial charge in [-0.25, -0.2) is 0 Å². The standard InChI is InChI=1S/C26H22/c1-19-13-15-23(21-9-5-3-6-10-21)25(17-19)26-18-20(2)14-16-24(26)22-11-7-4-8-12-22/h3-18H,1-2H3. The molecule has 4 aromatic rings. The molecule has 0 atom stereocenters. The first-order valence-corrected chi connectivity index (χ1v) is 9.05. The molecule has 0 saturated carbocycles. The van der Waals surface area contributed by atoms with Crippen LogP contribution >= 0.6 is 0 Å². The van der Waals surface area contributed by atoms with Crippen LogP contribution in [-0.4, -0.2) is 0 Å². The van der Waals surface area contributed by atoms with Gasteiger partial charge in [0.1, 0.15) is 0 Å². The van der Waals surface area contributed by atoms with Crippen LogP contribution in [0, 0.1) is 13.8 Å². The van der Waals surface area contributed by atoms with Gasteiger partial charge in [-0.1, -0.05) is 108 Å². The molecule has 0 fully saturated rings. The van der Waals surface area contributed by atoms with Crippen molar-refractivity contribution in [3.8, 4) is 33.4 Å². The summed E-state index contributed by atoms with van der Waals surface area (Å²) in [6.45, 7) is 4.33. The molecule has 0 aliphatic heterocycles. The van der Waals surface area contributed by atoms with Crippen LogP contribution in [0.2, 0.25) is 0 Å². The first-order chi connectivity index (χ1) is 12.7. The van der Waals surface area contributed by atoms with Gasteiger partial charge in [-0.15, -0.1) is 0 Å². The topological polar surface area (TPSA) is 0 Å². The second-order valence-electron chi connectivity index (χ2n) is 6.83. The quantitative estimate of drug-likeness (QED) is 0.368. The van der Waals surface area contributed by atoms with Gasteiger partial charge in [-0.05, 0) is 47.2 Å². The summed E-state index contributed by atoms with van der Waals surface area (Å²) < 4.78 is 0. The lowest BCUT2D eigenvalue weighted by Crippen LogP contribution is -1.91. The number of hydrogen-bond acceptors (Lipinski definition) is 0. The lowest BCUT2D eigenvalue weighted by atomic mass is 9.87. The average molecular weight is 334 g/mol. The van der Waals surface area contributed by atoms with Crippen LogP contribution in [0.4, 0.5) is 0 Å². The van der Waals surface area contributed by atoms with Gasteiger partial charge in [-0.2, -0.15) is 0 Å². The fourth-order valence-corrected chi connectivity index (χ4v) is 3.50. The van der Waals surface area contributed by atoms with Gasteiger partial charge >= 0.3 is 0 Å². The maximum absolute atomic E-state index is 2.31. The van der Waals surface area contributed by atoms with Crippen molar-refractivity contribution >= 4 is 0 Å².